The van der Waals surface area contributed by atoms with Crippen LogP contribution in [0.1, 0.15) is 5.56 Å². The maximum Gasteiger partial charge on any atom is 0.336 e. The Labute approximate surface area is 100 Å². The number of halogens is 1. The van der Waals surface area contributed by atoms with Gasteiger partial charge in [0.15, 0.2) is 0 Å². The summed E-state index contributed by atoms with van der Waals surface area (Å²) in [6, 6.07) is 5.12. The van der Waals surface area contributed by atoms with Gasteiger partial charge in [0.1, 0.15) is 11.3 Å². The Morgan fingerprint density at radius 2 is 2.13 bits per heavy atom. The van der Waals surface area contributed by atoms with Crippen LogP contribution >= 0.6 is 22.6 Å². The Morgan fingerprint density at radius 1 is 1.40 bits per heavy atom. The zero-order chi connectivity index (χ0) is 11.0. The van der Waals surface area contributed by atoms with Crippen LogP contribution in [0.3, 0.4) is 0 Å². The average molecular weight is 316 g/mol. The van der Waals surface area contributed by atoms with Crippen molar-refractivity contribution in [3.05, 3.63) is 37.8 Å². The van der Waals surface area contributed by atoms with Crippen molar-refractivity contribution in [3.63, 3.8) is 0 Å². The summed E-state index contributed by atoms with van der Waals surface area (Å²) in [6.45, 7) is 1.87. The zero-order valence-electron chi connectivity index (χ0n) is 8.33. The van der Waals surface area contributed by atoms with Crippen LogP contribution in [-0.4, -0.2) is 7.11 Å². The van der Waals surface area contributed by atoms with E-state index in [-0.39, 0.29) is 5.63 Å². The molecule has 4 heteroatoms. The molecule has 0 saturated carbocycles. The number of fused-ring (bicyclic) bond motifs is 1. The molecule has 1 aromatic carbocycles. The third-order valence-corrected chi connectivity index (χ3v) is 3.06. The minimum atomic E-state index is -0.330. The van der Waals surface area contributed by atoms with Gasteiger partial charge in [-0.1, -0.05) is 0 Å². The third-order valence-electron chi connectivity index (χ3n) is 2.21. The summed E-state index contributed by atoms with van der Waals surface area (Å²) in [7, 11) is 1.61. The highest BCUT2D eigenvalue weighted by Crippen LogP contribution is 2.32. The fourth-order valence-corrected chi connectivity index (χ4v) is 2.25. The van der Waals surface area contributed by atoms with Crippen LogP contribution in [-0.2, 0) is 0 Å². The SMILES string of the molecule is COc1c(I)ccc2oc(=O)cc(C)c12. The molecule has 0 amide bonds. The van der Waals surface area contributed by atoms with Crippen LogP contribution in [0.5, 0.6) is 5.75 Å². The maximum atomic E-state index is 11.2. The van der Waals surface area contributed by atoms with E-state index < -0.39 is 0 Å². The summed E-state index contributed by atoms with van der Waals surface area (Å²) in [6.07, 6.45) is 0. The molecule has 2 aromatic rings. The summed E-state index contributed by atoms with van der Waals surface area (Å²) in [5, 5.41) is 0.865. The molecule has 2 rings (SSSR count). The predicted molar refractivity (Wildman–Crippen MR) is 66.5 cm³/mol. The highest BCUT2D eigenvalue weighted by atomic mass is 127. The van der Waals surface area contributed by atoms with Gasteiger partial charge in [-0.05, 0) is 47.2 Å². The first kappa shape index (κ1) is 10.5. The van der Waals surface area contributed by atoms with E-state index in [1.54, 1.807) is 13.2 Å². The average Bonchev–Trinajstić information content (AvgIpc) is 2.18. The molecule has 0 radical (unpaired) electrons. The van der Waals surface area contributed by atoms with Crippen LogP contribution in [0.4, 0.5) is 0 Å². The second-order valence-corrected chi connectivity index (χ2v) is 4.36. The van der Waals surface area contributed by atoms with Crippen molar-refractivity contribution in [2.24, 2.45) is 0 Å². The van der Waals surface area contributed by atoms with Gasteiger partial charge in [-0.15, -0.1) is 0 Å². The first-order valence-electron chi connectivity index (χ1n) is 4.40. The molecular weight excluding hydrogens is 307 g/mol. The molecule has 0 fully saturated rings. The van der Waals surface area contributed by atoms with Crippen molar-refractivity contribution >= 4 is 33.6 Å². The fraction of sp³-hybridized carbons (Fsp3) is 0.182. The van der Waals surface area contributed by atoms with E-state index >= 15 is 0 Å². The molecule has 78 valence electrons. The number of methoxy groups -OCH3 is 1. The molecule has 0 aliphatic heterocycles. The number of ether oxygens (including phenoxy) is 1. The molecule has 0 N–H and O–H groups in total. The minimum absolute atomic E-state index is 0.330. The van der Waals surface area contributed by atoms with E-state index in [9.17, 15) is 4.79 Å². The lowest BCUT2D eigenvalue weighted by Gasteiger charge is -2.08. The number of rotatable bonds is 1. The van der Waals surface area contributed by atoms with Crippen LogP contribution in [0.2, 0.25) is 0 Å². The summed E-state index contributed by atoms with van der Waals surface area (Å²) in [5.41, 5.74) is 1.11. The van der Waals surface area contributed by atoms with Gasteiger partial charge in [0, 0.05) is 6.07 Å². The topological polar surface area (TPSA) is 39.4 Å². The van der Waals surface area contributed by atoms with Gasteiger partial charge in [0.2, 0.25) is 0 Å². The quantitative estimate of drug-likeness (QED) is 0.600. The first-order chi connectivity index (χ1) is 7.13. The number of aryl methyl sites for hydroxylation is 1. The van der Waals surface area contributed by atoms with E-state index in [0.29, 0.717) is 5.58 Å². The highest BCUT2D eigenvalue weighted by molar-refractivity contribution is 14.1. The molecule has 0 spiro atoms. The van der Waals surface area contributed by atoms with Gasteiger partial charge in [-0.25, -0.2) is 4.79 Å². The van der Waals surface area contributed by atoms with Crippen molar-refractivity contribution in [2.75, 3.05) is 7.11 Å². The predicted octanol–water partition coefficient (Wildman–Crippen LogP) is 2.71. The minimum Gasteiger partial charge on any atom is -0.495 e. The van der Waals surface area contributed by atoms with Gasteiger partial charge in [0.05, 0.1) is 16.1 Å². The van der Waals surface area contributed by atoms with Crippen molar-refractivity contribution in [2.45, 2.75) is 6.92 Å². The lowest BCUT2D eigenvalue weighted by molar-refractivity contribution is 0.415. The Balaban J connectivity index is 2.98. The van der Waals surface area contributed by atoms with Crippen molar-refractivity contribution in [1.29, 1.82) is 0 Å². The number of hydrogen-bond donors (Lipinski definition) is 0. The van der Waals surface area contributed by atoms with Crippen molar-refractivity contribution in [1.82, 2.24) is 0 Å². The lowest BCUT2D eigenvalue weighted by atomic mass is 10.1. The Morgan fingerprint density at radius 3 is 2.80 bits per heavy atom. The van der Waals surface area contributed by atoms with Gasteiger partial charge >= 0.3 is 5.63 Å². The van der Waals surface area contributed by atoms with Crippen molar-refractivity contribution in [3.8, 4) is 5.75 Å². The van der Waals surface area contributed by atoms with E-state index in [2.05, 4.69) is 22.6 Å². The monoisotopic (exact) mass is 316 g/mol. The molecule has 1 heterocycles. The number of hydrogen-bond acceptors (Lipinski definition) is 3. The van der Waals surface area contributed by atoms with E-state index in [0.717, 1.165) is 20.3 Å². The molecule has 0 aliphatic rings. The summed E-state index contributed by atoms with van der Waals surface area (Å²) < 4.78 is 11.4. The second kappa shape index (κ2) is 3.84. The van der Waals surface area contributed by atoms with Crippen LogP contribution in [0, 0.1) is 10.5 Å². The second-order valence-electron chi connectivity index (χ2n) is 3.20. The molecule has 3 nitrogen and oxygen atoms in total. The molecule has 0 unspecified atom stereocenters. The molecule has 0 saturated heterocycles. The molecular formula is C11H9IO3. The summed E-state index contributed by atoms with van der Waals surface area (Å²) in [5.74, 6) is 0.759. The Kier molecular flexibility index (Phi) is 2.68. The maximum absolute atomic E-state index is 11.2. The van der Waals surface area contributed by atoms with Gasteiger partial charge in [-0.3, -0.25) is 0 Å². The van der Waals surface area contributed by atoms with Gasteiger partial charge in [-0.2, -0.15) is 0 Å². The highest BCUT2D eigenvalue weighted by Gasteiger charge is 2.10. The summed E-state index contributed by atoms with van der Waals surface area (Å²) in [4.78, 5) is 11.2. The normalized spacial score (nSPS) is 10.6. The largest absolute Gasteiger partial charge is 0.495 e. The first-order valence-corrected chi connectivity index (χ1v) is 5.48. The molecule has 0 aliphatic carbocycles. The fourth-order valence-electron chi connectivity index (χ4n) is 1.58. The summed E-state index contributed by atoms with van der Waals surface area (Å²) >= 11 is 2.19. The third kappa shape index (κ3) is 1.73. The zero-order valence-corrected chi connectivity index (χ0v) is 10.5. The molecule has 0 atom stereocenters. The van der Waals surface area contributed by atoms with Crippen LogP contribution in [0.15, 0.2) is 27.4 Å². The van der Waals surface area contributed by atoms with E-state index in [4.69, 9.17) is 9.15 Å². The Hall–Kier alpha value is -1.04. The smallest absolute Gasteiger partial charge is 0.336 e. The van der Waals surface area contributed by atoms with Crippen LogP contribution < -0.4 is 10.4 Å². The van der Waals surface area contributed by atoms with E-state index in [1.165, 1.54) is 6.07 Å². The van der Waals surface area contributed by atoms with Crippen molar-refractivity contribution < 1.29 is 9.15 Å². The molecule has 15 heavy (non-hydrogen) atoms. The Bertz CT molecular complexity index is 572. The standard InChI is InChI=1S/C11H9IO3/c1-6-5-9(13)15-8-4-3-7(12)11(14-2)10(6)8/h3-5H,1-2H3. The lowest BCUT2D eigenvalue weighted by Crippen LogP contribution is -1.99. The van der Waals surface area contributed by atoms with Gasteiger partial charge < -0.3 is 9.15 Å². The van der Waals surface area contributed by atoms with E-state index in [1.807, 2.05) is 13.0 Å². The number of benzene rings is 1. The molecule has 0 bridgehead atoms. The molecule has 1 aromatic heterocycles. The van der Waals surface area contributed by atoms with Gasteiger partial charge in [0.25, 0.3) is 0 Å². The van der Waals surface area contributed by atoms with Crippen LogP contribution in [0.25, 0.3) is 11.0 Å².